The molecule has 25 heavy (non-hydrogen) atoms. The van der Waals surface area contributed by atoms with Crippen LogP contribution in [-0.4, -0.2) is 13.4 Å². The highest BCUT2D eigenvalue weighted by Gasteiger charge is 2.19. The second kappa shape index (κ2) is 6.33. The molecule has 0 fully saturated rings. The van der Waals surface area contributed by atoms with E-state index in [4.69, 9.17) is 4.42 Å². The maximum absolute atomic E-state index is 13.7. The second-order valence-corrected chi connectivity index (χ2v) is 7.44. The Morgan fingerprint density at radius 1 is 1.04 bits per heavy atom. The summed E-state index contributed by atoms with van der Waals surface area (Å²) in [4.78, 5) is 4.12. The van der Waals surface area contributed by atoms with Crippen LogP contribution in [0.3, 0.4) is 0 Å². The summed E-state index contributed by atoms with van der Waals surface area (Å²) in [5.41, 5.74) is 1.78. The fourth-order valence-corrected chi connectivity index (χ4v) is 3.73. The predicted molar refractivity (Wildman–Crippen MR) is 93.4 cm³/mol. The molecule has 0 aliphatic heterocycles. The number of aromatic nitrogens is 1. The van der Waals surface area contributed by atoms with Crippen LogP contribution in [0.25, 0.3) is 11.3 Å². The molecule has 0 unspecified atom stereocenters. The number of sulfonamides is 1. The molecule has 0 saturated carbocycles. The monoisotopic (exact) mass is 360 g/mol. The van der Waals surface area contributed by atoms with E-state index >= 15 is 0 Å². The molecular weight excluding hydrogens is 343 g/mol. The van der Waals surface area contributed by atoms with E-state index in [2.05, 4.69) is 9.71 Å². The summed E-state index contributed by atoms with van der Waals surface area (Å²) >= 11 is 0. The van der Waals surface area contributed by atoms with Gasteiger partial charge < -0.3 is 4.42 Å². The Morgan fingerprint density at radius 2 is 1.76 bits per heavy atom. The molecule has 5 nitrogen and oxygen atoms in total. The molecular formula is C18H17FN2O3S. The average molecular weight is 360 g/mol. The van der Waals surface area contributed by atoms with Crippen LogP contribution in [0.15, 0.2) is 51.9 Å². The van der Waals surface area contributed by atoms with Gasteiger partial charge in [-0.15, -0.1) is 0 Å². The minimum absolute atomic E-state index is 0.0973. The van der Waals surface area contributed by atoms with Crippen LogP contribution in [-0.2, 0) is 10.0 Å². The molecule has 0 aliphatic rings. The molecule has 0 saturated heterocycles. The van der Waals surface area contributed by atoms with E-state index in [0.29, 0.717) is 28.3 Å². The van der Waals surface area contributed by atoms with Gasteiger partial charge in [0, 0.05) is 12.5 Å². The first-order valence-corrected chi connectivity index (χ1v) is 9.07. The van der Waals surface area contributed by atoms with Crippen molar-refractivity contribution < 1.29 is 17.2 Å². The van der Waals surface area contributed by atoms with Crippen molar-refractivity contribution in [3.63, 3.8) is 0 Å². The van der Waals surface area contributed by atoms with Crippen molar-refractivity contribution in [1.82, 2.24) is 4.98 Å². The van der Waals surface area contributed by atoms with Crippen molar-refractivity contribution in [3.8, 4) is 11.3 Å². The minimum Gasteiger partial charge on any atom is -0.441 e. The fraction of sp³-hybridized carbons (Fsp3) is 0.167. The molecule has 1 heterocycles. The zero-order chi connectivity index (χ0) is 18.2. The minimum atomic E-state index is -3.88. The Bertz CT molecular complexity index is 1040. The van der Waals surface area contributed by atoms with Gasteiger partial charge in [0.2, 0.25) is 0 Å². The van der Waals surface area contributed by atoms with Crippen LogP contribution >= 0.6 is 0 Å². The number of hydrogen-bond donors (Lipinski definition) is 1. The third kappa shape index (κ3) is 3.56. The van der Waals surface area contributed by atoms with Crippen molar-refractivity contribution in [2.75, 3.05) is 4.72 Å². The molecule has 0 radical (unpaired) electrons. The molecule has 0 atom stereocenters. The number of hydrogen-bond acceptors (Lipinski definition) is 4. The Balaban J connectivity index is 2.00. The van der Waals surface area contributed by atoms with Crippen LogP contribution in [0.5, 0.6) is 0 Å². The zero-order valence-corrected chi connectivity index (χ0v) is 14.8. The van der Waals surface area contributed by atoms with Gasteiger partial charge >= 0.3 is 0 Å². The second-order valence-electron chi connectivity index (χ2n) is 5.79. The van der Waals surface area contributed by atoms with Crippen molar-refractivity contribution in [3.05, 3.63) is 65.4 Å². The highest BCUT2D eigenvalue weighted by molar-refractivity contribution is 7.92. The maximum Gasteiger partial charge on any atom is 0.262 e. The van der Waals surface area contributed by atoms with E-state index in [1.807, 2.05) is 0 Å². The Labute approximate surface area is 145 Å². The van der Waals surface area contributed by atoms with E-state index < -0.39 is 15.8 Å². The van der Waals surface area contributed by atoms with Gasteiger partial charge in [-0.25, -0.2) is 17.8 Å². The smallest absolute Gasteiger partial charge is 0.262 e. The summed E-state index contributed by atoms with van der Waals surface area (Å²) < 4.78 is 47.0. The Kier molecular flexibility index (Phi) is 4.34. The van der Waals surface area contributed by atoms with Crippen molar-refractivity contribution in [2.45, 2.75) is 25.7 Å². The van der Waals surface area contributed by atoms with Gasteiger partial charge in [-0.1, -0.05) is 18.2 Å². The van der Waals surface area contributed by atoms with Gasteiger partial charge in [0.1, 0.15) is 5.82 Å². The van der Waals surface area contributed by atoms with Gasteiger partial charge in [-0.2, -0.15) is 0 Å². The molecule has 130 valence electrons. The summed E-state index contributed by atoms with van der Waals surface area (Å²) in [6.45, 7) is 5.02. The number of rotatable bonds is 4. The van der Waals surface area contributed by atoms with Gasteiger partial charge in [0.05, 0.1) is 16.8 Å². The summed E-state index contributed by atoms with van der Waals surface area (Å²) in [6, 6.07) is 9.17. The van der Waals surface area contributed by atoms with Crippen molar-refractivity contribution in [2.24, 2.45) is 0 Å². The van der Waals surface area contributed by atoms with Gasteiger partial charge in [-0.3, -0.25) is 4.72 Å². The topological polar surface area (TPSA) is 72.2 Å². The normalized spacial score (nSPS) is 11.5. The van der Waals surface area contributed by atoms with Crippen molar-refractivity contribution >= 4 is 15.7 Å². The van der Waals surface area contributed by atoms with E-state index in [0.717, 1.165) is 6.07 Å². The summed E-state index contributed by atoms with van der Waals surface area (Å²) in [5.74, 6) is 0.506. The molecule has 7 heteroatoms. The highest BCUT2D eigenvalue weighted by Crippen LogP contribution is 2.27. The summed E-state index contributed by atoms with van der Waals surface area (Å²) in [6.07, 6.45) is 1.54. The zero-order valence-electron chi connectivity index (χ0n) is 14.0. The summed E-state index contributed by atoms with van der Waals surface area (Å²) in [7, 11) is -3.88. The quantitative estimate of drug-likeness (QED) is 0.757. The fourth-order valence-electron chi connectivity index (χ4n) is 2.40. The highest BCUT2D eigenvalue weighted by atomic mass is 32.2. The standard InChI is InChI=1S/C18H17FN2O3S/c1-11-5-7-15(9-16(11)19)21-25(22,23)18-8-14(6-4-12(18)2)17-10-20-13(3)24-17/h4-10,21H,1-3H3. The first-order chi connectivity index (χ1) is 11.8. The van der Waals surface area contributed by atoms with E-state index in [-0.39, 0.29) is 10.6 Å². The number of oxazole rings is 1. The maximum atomic E-state index is 13.7. The van der Waals surface area contributed by atoms with Gasteiger partial charge in [0.15, 0.2) is 11.7 Å². The summed E-state index contributed by atoms with van der Waals surface area (Å²) in [5, 5.41) is 0. The first kappa shape index (κ1) is 17.2. The van der Waals surface area contributed by atoms with Crippen LogP contribution in [0.2, 0.25) is 0 Å². The number of aryl methyl sites for hydroxylation is 3. The first-order valence-electron chi connectivity index (χ1n) is 7.59. The Hall–Kier alpha value is -2.67. The predicted octanol–water partition coefficient (Wildman–Crippen LogP) is 4.21. The lowest BCUT2D eigenvalue weighted by Crippen LogP contribution is -2.14. The van der Waals surface area contributed by atoms with Gasteiger partial charge in [0.25, 0.3) is 10.0 Å². The molecule has 0 amide bonds. The third-order valence-corrected chi connectivity index (χ3v) is 5.33. The van der Waals surface area contributed by atoms with Crippen LogP contribution < -0.4 is 4.72 Å². The van der Waals surface area contributed by atoms with E-state index in [1.165, 1.54) is 18.2 Å². The molecule has 0 spiro atoms. The lowest BCUT2D eigenvalue weighted by atomic mass is 10.1. The molecule has 3 rings (SSSR count). The average Bonchev–Trinajstić information content (AvgIpc) is 2.97. The third-order valence-electron chi connectivity index (χ3n) is 3.81. The van der Waals surface area contributed by atoms with Crippen LogP contribution in [0.4, 0.5) is 10.1 Å². The molecule has 3 aromatic rings. The molecule has 0 aliphatic carbocycles. The number of benzene rings is 2. The SMILES string of the molecule is Cc1ncc(-c2ccc(C)c(S(=O)(=O)Nc3ccc(C)c(F)c3)c2)o1. The van der Waals surface area contributed by atoms with Crippen molar-refractivity contribution in [1.29, 1.82) is 0 Å². The largest absolute Gasteiger partial charge is 0.441 e. The molecule has 0 bridgehead atoms. The number of nitrogens with zero attached hydrogens (tertiary/aromatic N) is 1. The lowest BCUT2D eigenvalue weighted by Gasteiger charge is -2.12. The van der Waals surface area contributed by atoms with Crippen LogP contribution in [0, 0.1) is 26.6 Å². The van der Waals surface area contributed by atoms with Gasteiger partial charge in [-0.05, 0) is 43.2 Å². The number of anilines is 1. The molecule has 1 N–H and O–H groups in total. The molecule has 1 aromatic heterocycles. The Morgan fingerprint density at radius 3 is 2.40 bits per heavy atom. The van der Waals surface area contributed by atoms with Crippen LogP contribution in [0.1, 0.15) is 17.0 Å². The number of halogens is 1. The lowest BCUT2D eigenvalue weighted by molar-refractivity contribution is 0.534. The number of nitrogens with one attached hydrogen (secondary N) is 1. The van der Waals surface area contributed by atoms with E-state index in [9.17, 15) is 12.8 Å². The molecule has 2 aromatic carbocycles. The van der Waals surface area contributed by atoms with E-state index in [1.54, 1.807) is 39.1 Å².